The first kappa shape index (κ1) is 30.7. The number of aryl methyl sites for hydroxylation is 1. The molecule has 0 amide bonds. The van der Waals surface area contributed by atoms with E-state index in [9.17, 15) is 20.1 Å². The molecule has 5 rings (SSSR count). The highest BCUT2D eigenvalue weighted by molar-refractivity contribution is 5.51. The molecule has 5 unspecified atom stereocenters. The topological polar surface area (TPSA) is 152 Å². The van der Waals surface area contributed by atoms with E-state index in [1.807, 2.05) is 12.1 Å². The molecule has 1 aliphatic carbocycles. The molecule has 0 radical (unpaired) electrons. The molecule has 0 saturated carbocycles. The Morgan fingerprint density at radius 1 is 1.07 bits per heavy atom. The van der Waals surface area contributed by atoms with E-state index >= 15 is 0 Å². The normalized spacial score (nSPS) is 25.2. The molecule has 226 valence electrons. The minimum atomic E-state index is -0.911. The van der Waals surface area contributed by atoms with E-state index in [0.717, 1.165) is 29.7 Å². The summed E-state index contributed by atoms with van der Waals surface area (Å²) in [6.07, 6.45) is -0.645. The van der Waals surface area contributed by atoms with Gasteiger partial charge in [0.2, 0.25) is 12.5 Å². The van der Waals surface area contributed by atoms with Gasteiger partial charge in [0.15, 0.2) is 35.6 Å². The van der Waals surface area contributed by atoms with Gasteiger partial charge in [-0.15, -0.1) is 0 Å². The highest BCUT2D eigenvalue weighted by atomic mass is 16.7. The van der Waals surface area contributed by atoms with Gasteiger partial charge in [0, 0.05) is 18.8 Å². The Bertz CT molecular complexity index is 1120. The van der Waals surface area contributed by atoms with Gasteiger partial charge in [0.05, 0.1) is 45.7 Å². The van der Waals surface area contributed by atoms with Crippen molar-refractivity contribution in [3.05, 3.63) is 41.5 Å². The third-order valence-corrected chi connectivity index (χ3v) is 7.10. The summed E-state index contributed by atoms with van der Waals surface area (Å²) in [4.78, 5) is 10.8. The number of para-hydroxylation sites is 1. The van der Waals surface area contributed by atoms with E-state index in [4.69, 9.17) is 37.9 Å². The highest BCUT2D eigenvalue weighted by Gasteiger charge is 2.38. The van der Waals surface area contributed by atoms with Gasteiger partial charge >= 0.3 is 0 Å². The van der Waals surface area contributed by atoms with E-state index in [0.29, 0.717) is 36.6 Å². The van der Waals surface area contributed by atoms with E-state index < -0.39 is 30.9 Å². The van der Waals surface area contributed by atoms with Gasteiger partial charge in [-0.05, 0) is 55.2 Å². The lowest BCUT2D eigenvalue weighted by molar-refractivity contribution is -0.258. The fraction of sp³-hybridized carbons (Fsp3) is 0.552. The first-order valence-electron chi connectivity index (χ1n) is 13.5. The predicted octanol–water partition coefficient (Wildman–Crippen LogP) is 2.84. The number of hydrogen-bond donors (Lipinski definition) is 3. The summed E-state index contributed by atoms with van der Waals surface area (Å²) in [6, 6.07) is 8.97. The lowest BCUT2D eigenvalue weighted by Crippen LogP contribution is -2.41. The summed E-state index contributed by atoms with van der Waals surface area (Å²) in [7, 11) is 2.99. The van der Waals surface area contributed by atoms with Gasteiger partial charge < -0.3 is 53.2 Å². The Balaban J connectivity index is 0.000000296. The smallest absolute Gasteiger partial charge is 0.293 e. The number of aliphatic hydroxyl groups excluding tert-OH is 2. The molecule has 2 aliphatic heterocycles. The summed E-state index contributed by atoms with van der Waals surface area (Å²) in [5, 5.41) is 29.0. The van der Waals surface area contributed by atoms with E-state index in [2.05, 4.69) is 0 Å². The van der Waals surface area contributed by atoms with Crippen molar-refractivity contribution < 1.29 is 58.0 Å². The van der Waals surface area contributed by atoms with Crippen LogP contribution in [0.5, 0.6) is 28.7 Å². The maximum absolute atomic E-state index is 10.8. The van der Waals surface area contributed by atoms with Crippen molar-refractivity contribution in [1.29, 1.82) is 0 Å². The van der Waals surface area contributed by atoms with Crippen molar-refractivity contribution in [3.63, 3.8) is 0 Å². The fourth-order valence-corrected chi connectivity index (χ4v) is 5.13. The second-order valence-corrected chi connectivity index (χ2v) is 9.95. The minimum Gasteiger partial charge on any atom is -0.502 e. The lowest BCUT2D eigenvalue weighted by Gasteiger charge is -2.39. The number of hydrogen-bond acceptors (Lipinski definition) is 12. The summed E-state index contributed by atoms with van der Waals surface area (Å²) >= 11 is 0. The number of phenolic OH excluding ortho intramolecular Hbond substituents is 1. The number of carbonyl (C=O) groups excluding carboxylic acids is 1. The van der Waals surface area contributed by atoms with Crippen molar-refractivity contribution in [2.45, 2.75) is 63.5 Å². The van der Waals surface area contributed by atoms with Gasteiger partial charge in [-0.25, -0.2) is 0 Å². The molecule has 1 saturated heterocycles. The van der Waals surface area contributed by atoms with E-state index in [1.165, 1.54) is 21.1 Å². The van der Waals surface area contributed by atoms with Crippen LogP contribution in [0.2, 0.25) is 0 Å². The van der Waals surface area contributed by atoms with E-state index in [-0.39, 0.29) is 31.7 Å². The molecule has 2 heterocycles. The molecule has 12 nitrogen and oxygen atoms in total. The zero-order chi connectivity index (χ0) is 29.4. The molecule has 2 aromatic carbocycles. The van der Waals surface area contributed by atoms with Crippen LogP contribution in [0, 0.1) is 5.92 Å². The van der Waals surface area contributed by atoms with Crippen LogP contribution in [-0.2, 0) is 30.2 Å². The number of benzene rings is 2. The second-order valence-electron chi connectivity index (χ2n) is 9.95. The third kappa shape index (κ3) is 7.92. The Morgan fingerprint density at radius 3 is 2.44 bits per heavy atom. The summed E-state index contributed by atoms with van der Waals surface area (Å²) in [5.74, 6) is 2.20. The van der Waals surface area contributed by atoms with Crippen molar-refractivity contribution in [2.24, 2.45) is 5.92 Å². The number of fused-ring (bicyclic) bond motifs is 2. The molecule has 0 aromatic heterocycles. The third-order valence-electron chi connectivity index (χ3n) is 7.10. The van der Waals surface area contributed by atoms with Gasteiger partial charge in [-0.1, -0.05) is 6.07 Å². The second kappa shape index (κ2) is 14.6. The standard InChI is InChI=1S/C21H28O9.C8H10O3/c1-12(23)26-9-16-5-15(24)6-20(29-16)30-21-14(8-25-10-22)3-2-13-4-18-19(7-17(13)21)28-11-27-18;1-10-6-4-3-5-7(11-2)8(6)9/h4,7,10,12,14-16,20-21,23-24H,2-3,5-6,8-9,11H2,1H3;3-5,9H,1-2H3/t12-,14?,15?,16?,20?,21?;/m0./s1. The number of methoxy groups -OCH3 is 2. The average molecular weight is 579 g/mol. The number of ether oxygens (including phenoxy) is 8. The quantitative estimate of drug-likeness (QED) is 0.281. The monoisotopic (exact) mass is 578 g/mol. The molecule has 1 fully saturated rings. The average Bonchev–Trinajstić information content (AvgIpc) is 3.42. The molecule has 0 bridgehead atoms. The Labute approximate surface area is 238 Å². The SMILES string of the molecule is COc1cccc(OC)c1O.C[C@@H](O)OCC1CC(O)CC(OC2c3cc4c(cc3CCC2COC=O)OCO4)O1. The van der Waals surface area contributed by atoms with Crippen LogP contribution in [-0.4, -0.2) is 80.8 Å². The summed E-state index contributed by atoms with van der Waals surface area (Å²) in [5.41, 5.74) is 2.04. The molecule has 12 heteroatoms. The predicted molar refractivity (Wildman–Crippen MR) is 143 cm³/mol. The van der Waals surface area contributed by atoms with Crippen LogP contribution in [0.4, 0.5) is 0 Å². The number of aromatic hydroxyl groups is 1. The lowest BCUT2D eigenvalue weighted by atomic mass is 9.81. The van der Waals surface area contributed by atoms with Crippen LogP contribution in [0.3, 0.4) is 0 Å². The van der Waals surface area contributed by atoms with Crippen LogP contribution < -0.4 is 18.9 Å². The molecule has 3 N–H and O–H groups in total. The van der Waals surface area contributed by atoms with Gasteiger partial charge in [-0.3, -0.25) is 4.79 Å². The largest absolute Gasteiger partial charge is 0.502 e. The first-order valence-corrected chi connectivity index (χ1v) is 13.5. The van der Waals surface area contributed by atoms with Crippen molar-refractivity contribution in [3.8, 4) is 28.7 Å². The maximum Gasteiger partial charge on any atom is 0.293 e. The van der Waals surface area contributed by atoms with Crippen LogP contribution in [0.1, 0.15) is 43.4 Å². The summed E-state index contributed by atoms with van der Waals surface area (Å²) in [6.45, 7) is 2.53. The van der Waals surface area contributed by atoms with Gasteiger partial charge in [0.1, 0.15) is 0 Å². The molecule has 3 aliphatic rings. The Hall–Kier alpha value is -3.29. The molecule has 2 aromatic rings. The van der Waals surface area contributed by atoms with Crippen molar-refractivity contribution >= 4 is 6.47 Å². The first-order chi connectivity index (χ1) is 19.8. The highest BCUT2D eigenvalue weighted by Crippen LogP contribution is 2.45. The van der Waals surface area contributed by atoms with E-state index in [1.54, 1.807) is 18.2 Å². The number of phenols is 1. The molecule has 0 spiro atoms. The molecular formula is C29H38O12. The van der Waals surface area contributed by atoms with Crippen molar-refractivity contribution in [1.82, 2.24) is 0 Å². The minimum absolute atomic E-state index is 0.0394. The van der Waals surface area contributed by atoms with Crippen LogP contribution in [0.25, 0.3) is 0 Å². The summed E-state index contributed by atoms with van der Waals surface area (Å²) < 4.78 is 43.3. The Kier molecular flexibility index (Phi) is 10.9. The van der Waals surface area contributed by atoms with Gasteiger partial charge in [-0.2, -0.15) is 0 Å². The zero-order valence-electron chi connectivity index (χ0n) is 23.4. The zero-order valence-corrected chi connectivity index (χ0v) is 23.4. The van der Waals surface area contributed by atoms with Crippen LogP contribution >= 0.6 is 0 Å². The van der Waals surface area contributed by atoms with Gasteiger partial charge in [0.25, 0.3) is 6.47 Å². The Morgan fingerprint density at radius 2 is 1.78 bits per heavy atom. The van der Waals surface area contributed by atoms with Crippen molar-refractivity contribution in [2.75, 3.05) is 34.2 Å². The molecule has 6 atom stereocenters. The molecule has 41 heavy (non-hydrogen) atoms. The molecular weight excluding hydrogens is 540 g/mol. The fourth-order valence-electron chi connectivity index (χ4n) is 5.13. The number of carbonyl (C=O) groups is 1. The maximum atomic E-state index is 10.8. The number of rotatable bonds is 10. The van der Waals surface area contributed by atoms with Crippen LogP contribution in [0.15, 0.2) is 30.3 Å². The number of aliphatic hydroxyl groups is 2.